The van der Waals surface area contributed by atoms with Crippen molar-refractivity contribution in [2.24, 2.45) is 0 Å². The number of rotatable bonds is 3. The van der Waals surface area contributed by atoms with Crippen LogP contribution in [-0.2, 0) is 0 Å². The van der Waals surface area contributed by atoms with E-state index in [4.69, 9.17) is 4.74 Å². The van der Waals surface area contributed by atoms with Crippen LogP contribution >= 0.6 is 11.8 Å². The lowest BCUT2D eigenvalue weighted by molar-refractivity contribution is 0.194. The standard InChI is InChI=1S/C16H25NO2S/c1-12(18)15-13(6-5-7-14(15)19-4)17-9-8-16(2,3)20-11-10-17/h5-7,12,18H,8-11H2,1-4H3/t12-/m1/s1. The highest BCUT2D eigenvalue weighted by Crippen LogP contribution is 2.37. The number of aliphatic hydroxyl groups excluding tert-OH is 1. The van der Waals surface area contributed by atoms with Gasteiger partial charge in [-0.05, 0) is 25.5 Å². The molecule has 0 aromatic heterocycles. The molecule has 0 unspecified atom stereocenters. The molecule has 0 amide bonds. The van der Waals surface area contributed by atoms with Gasteiger partial charge in [-0.2, -0.15) is 11.8 Å². The summed E-state index contributed by atoms with van der Waals surface area (Å²) in [6.07, 6.45) is 0.624. The number of nitrogens with zero attached hydrogens (tertiary/aromatic N) is 1. The number of aliphatic hydroxyl groups is 1. The molecule has 20 heavy (non-hydrogen) atoms. The van der Waals surface area contributed by atoms with E-state index in [2.05, 4.69) is 24.8 Å². The predicted octanol–water partition coefficient (Wildman–Crippen LogP) is 3.47. The van der Waals surface area contributed by atoms with E-state index in [0.29, 0.717) is 4.75 Å². The highest BCUT2D eigenvalue weighted by Gasteiger charge is 2.26. The number of benzene rings is 1. The first kappa shape index (κ1) is 15.5. The Kier molecular flexibility index (Phi) is 4.86. The van der Waals surface area contributed by atoms with Crippen LogP contribution in [0.5, 0.6) is 5.75 Å². The van der Waals surface area contributed by atoms with Crippen LogP contribution in [0.25, 0.3) is 0 Å². The van der Waals surface area contributed by atoms with Gasteiger partial charge in [0.1, 0.15) is 5.75 Å². The third-order valence-corrected chi connectivity index (χ3v) is 5.23. The molecule has 1 saturated heterocycles. The smallest absolute Gasteiger partial charge is 0.126 e. The molecule has 0 radical (unpaired) electrons. The molecule has 0 bridgehead atoms. The largest absolute Gasteiger partial charge is 0.496 e. The summed E-state index contributed by atoms with van der Waals surface area (Å²) >= 11 is 2.03. The highest BCUT2D eigenvalue weighted by atomic mass is 32.2. The Bertz CT molecular complexity index is 460. The fraction of sp³-hybridized carbons (Fsp3) is 0.625. The van der Waals surface area contributed by atoms with Crippen molar-refractivity contribution < 1.29 is 9.84 Å². The van der Waals surface area contributed by atoms with Gasteiger partial charge in [-0.1, -0.05) is 19.9 Å². The molecule has 1 fully saturated rings. The van der Waals surface area contributed by atoms with E-state index in [1.54, 1.807) is 14.0 Å². The van der Waals surface area contributed by atoms with Crippen LogP contribution in [0.15, 0.2) is 18.2 Å². The van der Waals surface area contributed by atoms with Crippen molar-refractivity contribution in [3.05, 3.63) is 23.8 Å². The van der Waals surface area contributed by atoms with Crippen molar-refractivity contribution >= 4 is 17.4 Å². The SMILES string of the molecule is COc1cccc(N2CCSC(C)(C)CC2)c1[C@@H](C)O. The summed E-state index contributed by atoms with van der Waals surface area (Å²) in [5.41, 5.74) is 2.01. The van der Waals surface area contributed by atoms with Gasteiger partial charge in [-0.3, -0.25) is 0 Å². The van der Waals surface area contributed by atoms with Gasteiger partial charge < -0.3 is 14.7 Å². The highest BCUT2D eigenvalue weighted by molar-refractivity contribution is 8.00. The molecule has 2 rings (SSSR count). The summed E-state index contributed by atoms with van der Waals surface area (Å²) in [6.45, 7) is 8.45. The molecule has 1 aliphatic rings. The van der Waals surface area contributed by atoms with Crippen molar-refractivity contribution in [1.82, 2.24) is 0 Å². The average molecular weight is 295 g/mol. The molecular weight excluding hydrogens is 270 g/mol. The lowest BCUT2D eigenvalue weighted by Gasteiger charge is -2.28. The van der Waals surface area contributed by atoms with E-state index < -0.39 is 6.10 Å². The Morgan fingerprint density at radius 2 is 2.10 bits per heavy atom. The fourth-order valence-electron chi connectivity index (χ4n) is 2.67. The number of thioether (sulfide) groups is 1. The zero-order valence-corrected chi connectivity index (χ0v) is 13.7. The second-order valence-electron chi connectivity index (χ2n) is 5.91. The molecule has 1 atom stereocenters. The predicted molar refractivity (Wildman–Crippen MR) is 87.0 cm³/mol. The minimum Gasteiger partial charge on any atom is -0.496 e. The van der Waals surface area contributed by atoms with Crippen LogP contribution in [0.1, 0.15) is 38.9 Å². The molecule has 4 heteroatoms. The molecule has 1 N–H and O–H groups in total. The Hall–Kier alpha value is -0.870. The van der Waals surface area contributed by atoms with E-state index in [-0.39, 0.29) is 0 Å². The van der Waals surface area contributed by atoms with E-state index in [0.717, 1.165) is 42.3 Å². The maximum atomic E-state index is 10.1. The summed E-state index contributed by atoms with van der Waals surface area (Å²) in [7, 11) is 1.66. The van der Waals surface area contributed by atoms with Crippen LogP contribution < -0.4 is 9.64 Å². The maximum Gasteiger partial charge on any atom is 0.126 e. The molecule has 1 aromatic carbocycles. The molecule has 3 nitrogen and oxygen atoms in total. The zero-order chi connectivity index (χ0) is 14.8. The first-order valence-electron chi connectivity index (χ1n) is 7.18. The Labute approximate surface area is 126 Å². The Morgan fingerprint density at radius 1 is 1.35 bits per heavy atom. The van der Waals surface area contributed by atoms with Crippen LogP contribution in [0.4, 0.5) is 5.69 Å². The van der Waals surface area contributed by atoms with Gasteiger partial charge in [-0.15, -0.1) is 0 Å². The van der Waals surface area contributed by atoms with Crippen molar-refractivity contribution in [3.63, 3.8) is 0 Å². The summed E-state index contributed by atoms with van der Waals surface area (Å²) in [6, 6.07) is 6.01. The van der Waals surface area contributed by atoms with E-state index >= 15 is 0 Å². The summed E-state index contributed by atoms with van der Waals surface area (Å²) < 4.78 is 5.75. The quantitative estimate of drug-likeness (QED) is 0.925. The number of hydrogen-bond acceptors (Lipinski definition) is 4. The molecule has 1 aliphatic heterocycles. The van der Waals surface area contributed by atoms with Crippen molar-refractivity contribution in [2.45, 2.75) is 38.0 Å². The molecule has 1 aromatic rings. The van der Waals surface area contributed by atoms with Crippen molar-refractivity contribution in [3.8, 4) is 5.75 Å². The minimum absolute atomic E-state index is 0.332. The topological polar surface area (TPSA) is 32.7 Å². The summed E-state index contributed by atoms with van der Waals surface area (Å²) in [5.74, 6) is 1.89. The summed E-state index contributed by atoms with van der Waals surface area (Å²) in [4.78, 5) is 2.38. The summed E-state index contributed by atoms with van der Waals surface area (Å²) in [5, 5.41) is 10.1. The molecule has 0 spiro atoms. The van der Waals surface area contributed by atoms with Crippen molar-refractivity contribution in [1.29, 1.82) is 0 Å². The van der Waals surface area contributed by atoms with Crippen LogP contribution in [-0.4, -0.2) is 35.8 Å². The van der Waals surface area contributed by atoms with Crippen LogP contribution in [0.3, 0.4) is 0 Å². The number of methoxy groups -OCH3 is 1. The Balaban J connectivity index is 2.32. The lowest BCUT2D eigenvalue weighted by atomic mass is 10.0. The van der Waals surface area contributed by atoms with Crippen LogP contribution in [0, 0.1) is 0 Å². The average Bonchev–Trinajstić information content (AvgIpc) is 2.58. The zero-order valence-electron chi connectivity index (χ0n) is 12.8. The maximum absolute atomic E-state index is 10.1. The minimum atomic E-state index is -0.523. The molecule has 0 aliphatic carbocycles. The molecule has 0 saturated carbocycles. The Morgan fingerprint density at radius 3 is 2.75 bits per heavy atom. The number of ether oxygens (including phenoxy) is 1. The van der Waals surface area contributed by atoms with Gasteiger partial charge in [0.15, 0.2) is 0 Å². The van der Waals surface area contributed by atoms with Gasteiger partial charge in [0, 0.05) is 34.8 Å². The van der Waals surface area contributed by atoms with E-state index in [1.807, 2.05) is 23.9 Å². The van der Waals surface area contributed by atoms with Gasteiger partial charge in [0.25, 0.3) is 0 Å². The van der Waals surface area contributed by atoms with Gasteiger partial charge in [0.2, 0.25) is 0 Å². The number of hydrogen-bond donors (Lipinski definition) is 1. The third kappa shape index (κ3) is 3.41. The van der Waals surface area contributed by atoms with Crippen LogP contribution in [0.2, 0.25) is 0 Å². The first-order chi connectivity index (χ1) is 9.44. The third-order valence-electron chi connectivity index (χ3n) is 3.86. The van der Waals surface area contributed by atoms with Gasteiger partial charge in [0.05, 0.1) is 13.2 Å². The monoisotopic (exact) mass is 295 g/mol. The lowest BCUT2D eigenvalue weighted by Crippen LogP contribution is -2.28. The normalized spacial score (nSPS) is 20.4. The second kappa shape index (κ2) is 6.27. The van der Waals surface area contributed by atoms with Gasteiger partial charge in [-0.25, -0.2) is 0 Å². The van der Waals surface area contributed by atoms with Gasteiger partial charge >= 0.3 is 0 Å². The second-order valence-corrected chi connectivity index (χ2v) is 7.72. The molecule has 112 valence electrons. The van der Waals surface area contributed by atoms with E-state index in [1.165, 1.54) is 0 Å². The first-order valence-corrected chi connectivity index (χ1v) is 8.17. The fourth-order valence-corrected chi connectivity index (χ4v) is 3.77. The molecule has 1 heterocycles. The van der Waals surface area contributed by atoms with E-state index in [9.17, 15) is 5.11 Å². The molecular formula is C16H25NO2S. The number of anilines is 1. The van der Waals surface area contributed by atoms with Crippen molar-refractivity contribution in [2.75, 3.05) is 30.9 Å².